The SMILES string of the molecule is COc1c(CO)cnc(C)c1C(F)F. The lowest BCUT2D eigenvalue weighted by Gasteiger charge is -2.13. The summed E-state index contributed by atoms with van der Waals surface area (Å²) in [6, 6.07) is 0. The van der Waals surface area contributed by atoms with Crippen LogP contribution in [-0.4, -0.2) is 17.2 Å². The summed E-state index contributed by atoms with van der Waals surface area (Å²) in [5.41, 5.74) is 0.238. The Bertz CT molecular complexity index is 329. The number of ether oxygens (including phenoxy) is 1. The lowest BCUT2D eigenvalue weighted by Crippen LogP contribution is -2.02. The van der Waals surface area contributed by atoms with Crippen molar-refractivity contribution in [1.82, 2.24) is 4.98 Å². The van der Waals surface area contributed by atoms with Gasteiger partial charge in [-0.25, -0.2) is 8.78 Å². The molecule has 1 heterocycles. The van der Waals surface area contributed by atoms with Crippen LogP contribution in [0.2, 0.25) is 0 Å². The van der Waals surface area contributed by atoms with E-state index in [1.165, 1.54) is 20.2 Å². The standard InChI is InChI=1S/C9H11F2NO2/c1-5-7(9(10)11)8(14-2)6(4-13)3-12-5/h3,9,13H,4H2,1-2H3. The van der Waals surface area contributed by atoms with Crippen molar-refractivity contribution in [3.8, 4) is 5.75 Å². The minimum absolute atomic E-state index is 0.0231. The lowest BCUT2D eigenvalue weighted by atomic mass is 10.1. The number of aromatic nitrogens is 1. The number of hydrogen-bond acceptors (Lipinski definition) is 3. The zero-order valence-electron chi connectivity index (χ0n) is 7.92. The van der Waals surface area contributed by atoms with Gasteiger partial charge >= 0.3 is 0 Å². The van der Waals surface area contributed by atoms with Gasteiger partial charge in [-0.15, -0.1) is 0 Å². The Morgan fingerprint density at radius 3 is 2.64 bits per heavy atom. The Morgan fingerprint density at radius 2 is 2.21 bits per heavy atom. The molecule has 0 atom stereocenters. The van der Waals surface area contributed by atoms with Crippen molar-refractivity contribution in [1.29, 1.82) is 0 Å². The van der Waals surface area contributed by atoms with Gasteiger partial charge in [0.2, 0.25) is 0 Å². The molecule has 0 bridgehead atoms. The van der Waals surface area contributed by atoms with Gasteiger partial charge < -0.3 is 9.84 Å². The summed E-state index contributed by atoms with van der Waals surface area (Å²) < 4.78 is 30.0. The molecule has 1 rings (SSSR count). The van der Waals surface area contributed by atoms with Crippen LogP contribution in [0.5, 0.6) is 5.75 Å². The molecule has 1 N–H and O–H groups in total. The second-order valence-corrected chi connectivity index (χ2v) is 2.77. The number of alkyl halides is 2. The first-order valence-corrected chi connectivity index (χ1v) is 4.03. The van der Waals surface area contributed by atoms with Crippen molar-refractivity contribution < 1.29 is 18.6 Å². The maximum Gasteiger partial charge on any atom is 0.269 e. The first-order valence-electron chi connectivity index (χ1n) is 4.03. The fourth-order valence-corrected chi connectivity index (χ4v) is 1.25. The smallest absolute Gasteiger partial charge is 0.269 e. The second kappa shape index (κ2) is 4.32. The van der Waals surface area contributed by atoms with Gasteiger partial charge in [0, 0.05) is 17.5 Å². The Hall–Kier alpha value is -1.23. The predicted molar refractivity (Wildman–Crippen MR) is 46.4 cm³/mol. The number of aryl methyl sites for hydroxylation is 1. The maximum absolute atomic E-state index is 12.6. The van der Waals surface area contributed by atoms with Crippen LogP contribution < -0.4 is 4.74 Å². The van der Waals surface area contributed by atoms with E-state index in [-0.39, 0.29) is 29.2 Å². The van der Waals surface area contributed by atoms with Crippen LogP contribution in [0, 0.1) is 6.92 Å². The second-order valence-electron chi connectivity index (χ2n) is 2.77. The lowest BCUT2D eigenvalue weighted by molar-refractivity contribution is 0.144. The van der Waals surface area contributed by atoms with Crippen LogP contribution >= 0.6 is 0 Å². The number of halogens is 2. The molecule has 14 heavy (non-hydrogen) atoms. The summed E-state index contributed by atoms with van der Waals surface area (Å²) in [4.78, 5) is 3.76. The van der Waals surface area contributed by atoms with Crippen LogP contribution in [0.25, 0.3) is 0 Å². The number of pyridine rings is 1. The van der Waals surface area contributed by atoms with E-state index in [1.54, 1.807) is 0 Å². The predicted octanol–water partition coefficient (Wildman–Crippen LogP) is 1.83. The van der Waals surface area contributed by atoms with Crippen molar-refractivity contribution in [2.75, 3.05) is 7.11 Å². The first-order chi connectivity index (χ1) is 6.61. The number of rotatable bonds is 3. The molecule has 1 aromatic rings. The van der Waals surface area contributed by atoms with Gasteiger partial charge in [0.1, 0.15) is 5.75 Å². The number of nitrogens with zero attached hydrogens (tertiary/aromatic N) is 1. The molecule has 0 aliphatic heterocycles. The Labute approximate surface area is 80.3 Å². The van der Waals surface area contributed by atoms with Crippen molar-refractivity contribution >= 4 is 0 Å². The molecule has 0 radical (unpaired) electrons. The number of methoxy groups -OCH3 is 1. The first kappa shape index (κ1) is 10.8. The largest absolute Gasteiger partial charge is 0.496 e. The van der Waals surface area contributed by atoms with Crippen LogP contribution in [0.4, 0.5) is 8.78 Å². The highest BCUT2D eigenvalue weighted by molar-refractivity contribution is 5.42. The molecule has 0 aromatic carbocycles. The van der Waals surface area contributed by atoms with E-state index in [0.717, 1.165) is 0 Å². The summed E-state index contributed by atoms with van der Waals surface area (Å²) in [6.07, 6.45) is -1.32. The van der Waals surface area contributed by atoms with Gasteiger partial charge in [-0.2, -0.15) is 0 Å². The van der Waals surface area contributed by atoms with E-state index >= 15 is 0 Å². The Kier molecular flexibility index (Phi) is 3.35. The highest BCUT2D eigenvalue weighted by atomic mass is 19.3. The van der Waals surface area contributed by atoms with E-state index < -0.39 is 6.43 Å². The average molecular weight is 203 g/mol. The highest BCUT2D eigenvalue weighted by Gasteiger charge is 2.20. The maximum atomic E-state index is 12.6. The number of aliphatic hydroxyl groups excluding tert-OH is 1. The molecule has 0 fully saturated rings. The average Bonchev–Trinajstić information content (AvgIpc) is 2.16. The summed E-state index contributed by atoms with van der Waals surface area (Å²) in [5.74, 6) is 0.0231. The van der Waals surface area contributed by atoms with Gasteiger partial charge in [-0.05, 0) is 6.92 Å². The quantitative estimate of drug-likeness (QED) is 0.814. The summed E-state index contributed by atoms with van der Waals surface area (Å²) >= 11 is 0. The number of aliphatic hydroxyl groups is 1. The van der Waals surface area contributed by atoms with Crippen LogP contribution in [0.15, 0.2) is 6.20 Å². The molecular weight excluding hydrogens is 192 g/mol. The summed E-state index contributed by atoms with van der Waals surface area (Å²) in [6.45, 7) is 1.11. The fraction of sp³-hybridized carbons (Fsp3) is 0.444. The highest BCUT2D eigenvalue weighted by Crippen LogP contribution is 2.33. The third-order valence-electron chi connectivity index (χ3n) is 1.93. The van der Waals surface area contributed by atoms with Crippen LogP contribution in [-0.2, 0) is 6.61 Å². The molecule has 0 spiro atoms. The van der Waals surface area contributed by atoms with Crippen LogP contribution in [0.3, 0.4) is 0 Å². The van der Waals surface area contributed by atoms with Crippen molar-refractivity contribution in [2.45, 2.75) is 20.0 Å². The topological polar surface area (TPSA) is 42.4 Å². The van der Waals surface area contributed by atoms with Gasteiger partial charge in [-0.3, -0.25) is 4.98 Å². The normalized spacial score (nSPS) is 10.7. The van der Waals surface area contributed by atoms with Crippen LogP contribution in [0.1, 0.15) is 23.2 Å². The van der Waals surface area contributed by atoms with Gasteiger partial charge in [0.15, 0.2) is 0 Å². The van der Waals surface area contributed by atoms with Crippen molar-refractivity contribution in [3.05, 3.63) is 23.0 Å². The van der Waals surface area contributed by atoms with E-state index in [1.807, 2.05) is 0 Å². The molecular formula is C9H11F2NO2. The minimum Gasteiger partial charge on any atom is -0.496 e. The third kappa shape index (κ3) is 1.82. The van der Waals surface area contributed by atoms with Crippen molar-refractivity contribution in [2.24, 2.45) is 0 Å². The van der Waals surface area contributed by atoms with E-state index in [2.05, 4.69) is 4.98 Å². The molecule has 5 heteroatoms. The van der Waals surface area contributed by atoms with E-state index in [9.17, 15) is 8.78 Å². The van der Waals surface area contributed by atoms with Gasteiger partial charge in [0.25, 0.3) is 6.43 Å². The molecule has 0 aliphatic rings. The summed E-state index contributed by atoms with van der Waals surface area (Å²) in [5, 5.41) is 8.88. The molecule has 0 saturated carbocycles. The molecule has 3 nitrogen and oxygen atoms in total. The minimum atomic E-state index is -2.65. The molecule has 0 unspecified atom stereocenters. The van der Waals surface area contributed by atoms with Crippen molar-refractivity contribution in [3.63, 3.8) is 0 Å². The zero-order valence-corrected chi connectivity index (χ0v) is 7.92. The molecule has 0 saturated heterocycles. The monoisotopic (exact) mass is 203 g/mol. The molecule has 0 aliphatic carbocycles. The van der Waals surface area contributed by atoms with Gasteiger partial charge in [0.05, 0.1) is 19.3 Å². The third-order valence-corrected chi connectivity index (χ3v) is 1.93. The zero-order chi connectivity index (χ0) is 10.7. The fourth-order valence-electron chi connectivity index (χ4n) is 1.25. The summed E-state index contributed by atoms with van der Waals surface area (Å²) in [7, 11) is 1.29. The molecule has 78 valence electrons. The Balaban J connectivity index is 3.35. The number of hydrogen-bond donors (Lipinski definition) is 1. The van der Waals surface area contributed by atoms with Gasteiger partial charge in [-0.1, -0.05) is 0 Å². The molecule has 1 aromatic heterocycles. The molecule has 0 amide bonds. The van der Waals surface area contributed by atoms with E-state index in [0.29, 0.717) is 0 Å². The van der Waals surface area contributed by atoms with E-state index in [4.69, 9.17) is 9.84 Å². The Morgan fingerprint density at radius 1 is 1.57 bits per heavy atom.